The Morgan fingerprint density at radius 2 is 0.920 bits per heavy atom. The van der Waals surface area contributed by atoms with Crippen LogP contribution in [0.4, 0.5) is 34.1 Å². The van der Waals surface area contributed by atoms with Crippen molar-refractivity contribution in [3.05, 3.63) is 144 Å². The summed E-state index contributed by atoms with van der Waals surface area (Å²) in [7, 11) is -2.43. The molecule has 0 saturated carbocycles. The van der Waals surface area contributed by atoms with Crippen LogP contribution < -0.4 is 41.7 Å². The first-order chi connectivity index (χ1) is 23.9. The highest BCUT2D eigenvalue weighted by atomic mass is 28.3. The lowest BCUT2D eigenvalue weighted by molar-refractivity contribution is 0.590. The fourth-order valence-electron chi connectivity index (χ4n) is 9.10. The van der Waals surface area contributed by atoms with Crippen molar-refractivity contribution in [2.75, 3.05) is 9.80 Å². The first-order valence-electron chi connectivity index (χ1n) is 18.2. The lowest BCUT2D eigenvalue weighted by atomic mass is 9.33. The molecular weight excluding hydrogens is 619 g/mol. The van der Waals surface area contributed by atoms with Crippen molar-refractivity contribution in [1.82, 2.24) is 0 Å². The number of hydrogen-bond donors (Lipinski definition) is 0. The van der Waals surface area contributed by atoms with E-state index in [0.29, 0.717) is 0 Å². The van der Waals surface area contributed by atoms with Gasteiger partial charge in [0, 0.05) is 34.1 Å². The maximum absolute atomic E-state index is 2.59. The molecule has 0 fully saturated rings. The van der Waals surface area contributed by atoms with Crippen LogP contribution in [0.1, 0.15) is 58.2 Å². The topological polar surface area (TPSA) is 6.48 Å². The zero-order chi connectivity index (χ0) is 34.7. The Balaban J connectivity index is 1.39. The summed E-state index contributed by atoms with van der Waals surface area (Å²) in [6.45, 7) is 18.8. The van der Waals surface area contributed by atoms with Crippen molar-refractivity contribution in [3.8, 4) is 0 Å². The highest BCUT2D eigenvalue weighted by Crippen LogP contribution is 2.45. The van der Waals surface area contributed by atoms with E-state index < -0.39 is 8.07 Å². The van der Waals surface area contributed by atoms with Gasteiger partial charge in [-0.2, -0.15) is 0 Å². The third-order valence-electron chi connectivity index (χ3n) is 11.7. The van der Waals surface area contributed by atoms with E-state index in [1.54, 1.807) is 0 Å². The van der Waals surface area contributed by atoms with E-state index in [4.69, 9.17) is 0 Å². The van der Waals surface area contributed by atoms with Crippen LogP contribution in [-0.2, 0) is 10.8 Å². The second kappa shape index (κ2) is 10.6. The Morgan fingerprint density at radius 3 is 1.34 bits per heavy atom. The van der Waals surface area contributed by atoms with Gasteiger partial charge < -0.3 is 9.80 Å². The van der Waals surface area contributed by atoms with Gasteiger partial charge in [-0.15, -0.1) is 0 Å². The van der Waals surface area contributed by atoms with Gasteiger partial charge in [-0.3, -0.25) is 0 Å². The predicted molar refractivity (Wildman–Crippen MR) is 220 cm³/mol. The van der Waals surface area contributed by atoms with Crippen LogP contribution >= 0.6 is 0 Å². The summed E-state index contributed by atoms with van der Waals surface area (Å²) in [6, 6.07) is 49.3. The summed E-state index contributed by atoms with van der Waals surface area (Å²) in [5.41, 5.74) is 16.2. The molecule has 6 aromatic carbocycles. The summed E-state index contributed by atoms with van der Waals surface area (Å²) in [4.78, 5) is 5.15. The Morgan fingerprint density at radius 1 is 0.480 bits per heavy atom. The molecule has 4 heteroatoms. The molecule has 0 aromatic heterocycles. The molecule has 9 rings (SSSR count). The third kappa shape index (κ3) is 4.34. The van der Waals surface area contributed by atoms with Crippen molar-refractivity contribution in [3.63, 3.8) is 0 Å². The molecular formula is C46H45BN2Si. The molecule has 0 atom stereocenters. The second-order valence-corrected chi connectivity index (χ2v) is 20.8. The summed E-state index contributed by atoms with van der Waals surface area (Å²) < 4.78 is 0. The highest BCUT2D eigenvalue weighted by molar-refractivity contribution is 7.21. The quantitative estimate of drug-likeness (QED) is 0.176. The summed E-state index contributed by atoms with van der Waals surface area (Å²) in [5, 5.41) is 4.53. The van der Waals surface area contributed by atoms with E-state index in [1.807, 2.05) is 0 Å². The van der Waals surface area contributed by atoms with Crippen LogP contribution in [-0.4, -0.2) is 14.8 Å². The van der Waals surface area contributed by atoms with Gasteiger partial charge in [0.05, 0.1) is 0 Å². The molecule has 0 radical (unpaired) electrons. The Labute approximate surface area is 299 Å². The molecule has 6 aromatic rings. The van der Waals surface area contributed by atoms with E-state index in [0.717, 1.165) is 0 Å². The average Bonchev–Trinajstić information content (AvgIpc) is 3.10. The molecule has 0 bridgehead atoms. The molecule has 3 aliphatic rings. The Hall–Kier alpha value is -4.80. The molecule has 0 spiro atoms. The number of hydrogen-bond acceptors (Lipinski definition) is 2. The molecule has 246 valence electrons. The number of nitrogens with zero attached hydrogens (tertiary/aromatic N) is 2. The van der Waals surface area contributed by atoms with Crippen molar-refractivity contribution in [2.45, 2.75) is 65.8 Å². The van der Waals surface area contributed by atoms with E-state index in [1.165, 1.54) is 82.8 Å². The summed E-state index contributed by atoms with van der Waals surface area (Å²) >= 11 is 0. The van der Waals surface area contributed by atoms with Crippen molar-refractivity contribution in [1.29, 1.82) is 0 Å². The van der Waals surface area contributed by atoms with Crippen molar-refractivity contribution >= 4 is 80.9 Å². The average molecular weight is 665 g/mol. The number of anilines is 6. The monoisotopic (exact) mass is 664 g/mol. The zero-order valence-electron chi connectivity index (χ0n) is 30.6. The fraction of sp³-hybridized carbons (Fsp3) is 0.217. The smallest absolute Gasteiger partial charge is 0.251 e. The molecule has 3 heterocycles. The number of benzene rings is 6. The highest BCUT2D eigenvalue weighted by Gasteiger charge is 2.53. The van der Waals surface area contributed by atoms with E-state index in [9.17, 15) is 0 Å². The minimum Gasteiger partial charge on any atom is -0.311 e. The van der Waals surface area contributed by atoms with E-state index >= 15 is 0 Å². The molecule has 0 N–H and O–H groups in total. The van der Waals surface area contributed by atoms with Gasteiger partial charge in [-0.25, -0.2) is 0 Å². The molecule has 0 unspecified atom stereocenters. The number of aryl methyl sites for hydroxylation is 1. The standard InChI is InChI=1S/C46H45BN2Si/c1-30-28-38-42-39(29-30)49(34-26-22-32(23-27-34)46(5,6)7)37-17-13-19-41-44(37)47(42)43-36(48(38)33-24-20-31(21-25-33)45(2,3)4)16-12-18-40(43)50(41,8)35-14-10-9-11-15-35/h9-29H,1-8H3. The fourth-order valence-corrected chi connectivity index (χ4v) is 13.4. The van der Waals surface area contributed by atoms with Crippen LogP contribution in [0.25, 0.3) is 0 Å². The molecule has 50 heavy (non-hydrogen) atoms. The number of rotatable bonds is 3. The van der Waals surface area contributed by atoms with Crippen molar-refractivity contribution in [2.24, 2.45) is 0 Å². The molecule has 0 aliphatic carbocycles. The molecule has 3 aliphatic heterocycles. The minimum atomic E-state index is -2.43. The van der Waals surface area contributed by atoms with Crippen LogP contribution in [0.5, 0.6) is 0 Å². The maximum atomic E-state index is 2.59. The van der Waals surface area contributed by atoms with Crippen LogP contribution in [0, 0.1) is 6.92 Å². The maximum Gasteiger partial charge on any atom is 0.251 e. The lowest BCUT2D eigenvalue weighted by Crippen LogP contribution is -2.83. The van der Waals surface area contributed by atoms with Gasteiger partial charge in [-0.05, 0) is 105 Å². The lowest BCUT2D eigenvalue weighted by Gasteiger charge is -2.50. The molecule has 2 nitrogen and oxygen atoms in total. The third-order valence-corrected chi connectivity index (χ3v) is 16.2. The molecule has 0 amide bonds. The summed E-state index contributed by atoms with van der Waals surface area (Å²) in [5.74, 6) is 0. The normalized spacial score (nSPS) is 15.2. The van der Waals surface area contributed by atoms with Gasteiger partial charge in [0.2, 0.25) is 0 Å². The zero-order valence-corrected chi connectivity index (χ0v) is 31.6. The van der Waals surface area contributed by atoms with E-state index in [-0.39, 0.29) is 17.5 Å². The van der Waals surface area contributed by atoms with Gasteiger partial charge in [0.25, 0.3) is 6.71 Å². The van der Waals surface area contributed by atoms with Crippen LogP contribution in [0.3, 0.4) is 0 Å². The summed E-state index contributed by atoms with van der Waals surface area (Å²) in [6.07, 6.45) is 0. The van der Waals surface area contributed by atoms with Crippen LogP contribution in [0.15, 0.2) is 127 Å². The van der Waals surface area contributed by atoms with E-state index in [2.05, 4.69) is 192 Å². The van der Waals surface area contributed by atoms with Gasteiger partial charge >= 0.3 is 0 Å². The van der Waals surface area contributed by atoms with Crippen LogP contribution in [0.2, 0.25) is 6.55 Å². The first kappa shape index (κ1) is 31.2. The van der Waals surface area contributed by atoms with Gasteiger partial charge in [-0.1, -0.05) is 137 Å². The Bertz CT molecular complexity index is 2170. The van der Waals surface area contributed by atoms with Gasteiger partial charge in [0.1, 0.15) is 8.07 Å². The predicted octanol–water partition coefficient (Wildman–Crippen LogP) is 8.09. The first-order valence-corrected chi connectivity index (χ1v) is 20.7. The SMILES string of the molecule is Cc1cc2c3c(c1)N(c1ccc(C(C)(C)C)cc1)c1cccc4c1B3c1c(cccc1[Si]4(C)c1ccccc1)N2c1ccc(C(C)(C)C)cc1. The molecule has 0 saturated heterocycles. The van der Waals surface area contributed by atoms with Crippen molar-refractivity contribution < 1.29 is 0 Å². The Kier molecular flexibility index (Phi) is 6.62. The second-order valence-electron chi connectivity index (χ2n) is 16.9. The minimum absolute atomic E-state index is 0.0895. The largest absolute Gasteiger partial charge is 0.311 e. The van der Waals surface area contributed by atoms with Gasteiger partial charge in [0.15, 0.2) is 0 Å².